The van der Waals surface area contributed by atoms with Crippen LogP contribution in [-0.2, 0) is 16.1 Å². The van der Waals surface area contributed by atoms with E-state index >= 15 is 0 Å². The van der Waals surface area contributed by atoms with Crippen LogP contribution in [0.3, 0.4) is 0 Å². The van der Waals surface area contributed by atoms with Crippen LogP contribution in [0.25, 0.3) is 16.7 Å². The number of imidazole rings is 1. The highest BCUT2D eigenvalue weighted by Gasteiger charge is 2.22. The third kappa shape index (κ3) is 4.60. The van der Waals surface area contributed by atoms with E-state index < -0.39 is 0 Å². The number of hydrogen-bond acceptors (Lipinski definition) is 3. The average Bonchev–Trinajstić information content (AvgIpc) is 2.98. The molecule has 1 heterocycles. The first-order valence-corrected chi connectivity index (χ1v) is 10.4. The lowest BCUT2D eigenvalue weighted by atomic mass is 10.0. The lowest BCUT2D eigenvalue weighted by molar-refractivity contribution is -0.136. The van der Waals surface area contributed by atoms with Gasteiger partial charge in [-0.15, -0.1) is 0 Å². The van der Waals surface area contributed by atoms with E-state index in [0.29, 0.717) is 6.54 Å². The topological polar surface area (TPSA) is 76.3 Å². The van der Waals surface area contributed by atoms with Crippen molar-refractivity contribution in [3.63, 3.8) is 0 Å². The van der Waals surface area contributed by atoms with Gasteiger partial charge in [0.1, 0.15) is 6.54 Å². The Kier molecular flexibility index (Phi) is 6.56. The second-order valence-electron chi connectivity index (χ2n) is 7.76. The Labute approximate surface area is 171 Å². The molecule has 1 aromatic carbocycles. The van der Waals surface area contributed by atoms with Crippen molar-refractivity contribution in [1.82, 2.24) is 19.4 Å². The number of nitrogens with zero attached hydrogens (tertiary/aromatic N) is 3. The van der Waals surface area contributed by atoms with Gasteiger partial charge in [-0.3, -0.25) is 18.7 Å². The summed E-state index contributed by atoms with van der Waals surface area (Å²) in [7, 11) is 0. The summed E-state index contributed by atoms with van der Waals surface area (Å²) < 4.78 is 3.26. The van der Waals surface area contributed by atoms with Gasteiger partial charge in [0.05, 0.1) is 17.6 Å². The Bertz CT molecular complexity index is 984. The monoisotopic (exact) mass is 398 g/mol. The summed E-state index contributed by atoms with van der Waals surface area (Å²) in [6, 6.07) is 7.57. The molecular weight excluding hydrogens is 368 g/mol. The number of carbonyl (C=O) groups excluding carboxylic acids is 2. The molecule has 0 saturated carbocycles. The highest BCUT2D eigenvalue weighted by Crippen LogP contribution is 2.24. The van der Waals surface area contributed by atoms with Gasteiger partial charge in [-0.25, -0.2) is 4.79 Å². The predicted molar refractivity (Wildman–Crippen MR) is 114 cm³/mol. The van der Waals surface area contributed by atoms with Crippen molar-refractivity contribution in [2.24, 2.45) is 0 Å². The molecule has 0 aliphatic heterocycles. The number of carbonyl (C=O) groups is 2. The van der Waals surface area contributed by atoms with E-state index in [1.807, 2.05) is 45.0 Å². The fourth-order valence-electron chi connectivity index (χ4n) is 3.82. The fraction of sp³-hybridized carbons (Fsp3) is 0.500. The van der Waals surface area contributed by atoms with Crippen LogP contribution in [0, 0.1) is 0 Å². The first-order chi connectivity index (χ1) is 13.9. The minimum Gasteiger partial charge on any atom is -0.352 e. The van der Waals surface area contributed by atoms with Crippen LogP contribution < -0.4 is 11.0 Å². The Morgan fingerprint density at radius 1 is 1.17 bits per heavy atom. The largest absolute Gasteiger partial charge is 0.352 e. The number of allylic oxidation sites excluding steroid dienone is 2. The summed E-state index contributed by atoms with van der Waals surface area (Å²) in [5.41, 5.74) is 2.36. The van der Waals surface area contributed by atoms with Crippen molar-refractivity contribution in [3.8, 4) is 0 Å². The zero-order valence-corrected chi connectivity index (χ0v) is 17.5. The SMILES string of the molecule is CCN(CC(=O)NC(C)C)C(=O)Cn1c(=O)n(C2=CCCCC2)c2ccccc21. The molecule has 156 valence electrons. The zero-order valence-electron chi connectivity index (χ0n) is 17.5. The maximum absolute atomic E-state index is 13.2. The molecule has 1 N–H and O–H groups in total. The third-order valence-electron chi connectivity index (χ3n) is 5.20. The van der Waals surface area contributed by atoms with Gasteiger partial charge in [-0.05, 0) is 58.6 Å². The molecule has 2 amide bonds. The lowest BCUT2D eigenvalue weighted by Gasteiger charge is -2.21. The summed E-state index contributed by atoms with van der Waals surface area (Å²) in [5.74, 6) is -0.439. The number of amides is 2. The van der Waals surface area contributed by atoms with Gasteiger partial charge in [0.2, 0.25) is 11.8 Å². The van der Waals surface area contributed by atoms with Crippen molar-refractivity contribution in [2.75, 3.05) is 13.1 Å². The molecular formula is C22H30N4O3. The Hall–Kier alpha value is -2.83. The quantitative estimate of drug-likeness (QED) is 0.779. The van der Waals surface area contributed by atoms with Crippen LogP contribution in [0.2, 0.25) is 0 Å². The van der Waals surface area contributed by atoms with Gasteiger partial charge < -0.3 is 10.2 Å². The standard InChI is InChI=1S/C22H30N4O3/c1-4-24(14-20(27)23-16(2)3)21(28)15-25-18-12-8-9-13-19(18)26(22(25)29)17-10-6-5-7-11-17/h8-10,12-13,16H,4-7,11,14-15H2,1-3H3,(H,23,27). The van der Waals surface area contributed by atoms with E-state index in [1.165, 1.54) is 9.47 Å². The van der Waals surface area contributed by atoms with Gasteiger partial charge in [0, 0.05) is 18.3 Å². The minimum atomic E-state index is -0.242. The Morgan fingerprint density at radius 2 is 1.90 bits per heavy atom. The summed E-state index contributed by atoms with van der Waals surface area (Å²) >= 11 is 0. The van der Waals surface area contributed by atoms with Crippen molar-refractivity contribution in [3.05, 3.63) is 40.8 Å². The van der Waals surface area contributed by atoms with Crippen molar-refractivity contribution < 1.29 is 9.59 Å². The number of benzene rings is 1. The number of rotatable bonds is 7. The molecule has 0 unspecified atom stereocenters. The minimum absolute atomic E-state index is 0.00788. The van der Waals surface area contributed by atoms with Crippen LogP contribution in [0.1, 0.15) is 46.5 Å². The molecule has 0 bridgehead atoms. The van der Waals surface area contributed by atoms with Crippen LogP contribution in [0.4, 0.5) is 0 Å². The van der Waals surface area contributed by atoms with Gasteiger partial charge in [-0.1, -0.05) is 18.2 Å². The molecule has 0 fully saturated rings. The first kappa shape index (κ1) is 20.9. The molecule has 0 saturated heterocycles. The molecule has 0 atom stereocenters. The highest BCUT2D eigenvalue weighted by molar-refractivity contribution is 5.86. The molecule has 29 heavy (non-hydrogen) atoms. The highest BCUT2D eigenvalue weighted by atomic mass is 16.2. The van der Waals surface area contributed by atoms with E-state index in [9.17, 15) is 14.4 Å². The van der Waals surface area contributed by atoms with E-state index in [4.69, 9.17) is 0 Å². The summed E-state index contributed by atoms with van der Waals surface area (Å²) in [5, 5.41) is 2.80. The summed E-state index contributed by atoms with van der Waals surface area (Å²) in [4.78, 5) is 39.7. The summed E-state index contributed by atoms with van der Waals surface area (Å²) in [6.07, 6.45) is 6.15. The van der Waals surface area contributed by atoms with Crippen LogP contribution >= 0.6 is 0 Å². The average molecular weight is 399 g/mol. The number of para-hydroxylation sites is 2. The number of likely N-dealkylation sites (N-methyl/N-ethyl adjacent to an activating group) is 1. The van der Waals surface area contributed by atoms with Crippen LogP contribution in [0.5, 0.6) is 0 Å². The maximum atomic E-state index is 13.2. The second-order valence-corrected chi connectivity index (χ2v) is 7.76. The Balaban J connectivity index is 1.91. The normalized spacial score (nSPS) is 14.1. The molecule has 7 heteroatoms. The first-order valence-electron chi connectivity index (χ1n) is 10.4. The predicted octanol–water partition coefficient (Wildman–Crippen LogP) is 2.59. The molecule has 0 spiro atoms. The van der Waals surface area contributed by atoms with Crippen molar-refractivity contribution in [1.29, 1.82) is 0 Å². The van der Waals surface area contributed by atoms with Gasteiger partial charge >= 0.3 is 5.69 Å². The molecule has 2 aromatic rings. The van der Waals surface area contributed by atoms with E-state index in [-0.39, 0.29) is 36.6 Å². The van der Waals surface area contributed by atoms with Gasteiger partial charge in [-0.2, -0.15) is 0 Å². The lowest BCUT2D eigenvalue weighted by Crippen LogP contribution is -2.44. The Morgan fingerprint density at radius 3 is 2.52 bits per heavy atom. The second kappa shape index (κ2) is 9.11. The van der Waals surface area contributed by atoms with Crippen molar-refractivity contribution >= 4 is 28.5 Å². The smallest absolute Gasteiger partial charge is 0.333 e. The maximum Gasteiger partial charge on any atom is 0.333 e. The van der Waals surface area contributed by atoms with Gasteiger partial charge in [0.25, 0.3) is 0 Å². The third-order valence-corrected chi connectivity index (χ3v) is 5.20. The van der Waals surface area contributed by atoms with E-state index in [2.05, 4.69) is 11.4 Å². The van der Waals surface area contributed by atoms with Gasteiger partial charge in [0.15, 0.2) is 0 Å². The van der Waals surface area contributed by atoms with Crippen molar-refractivity contribution in [2.45, 2.75) is 59.0 Å². The van der Waals surface area contributed by atoms with E-state index in [1.54, 1.807) is 4.57 Å². The molecule has 0 radical (unpaired) electrons. The number of aromatic nitrogens is 2. The molecule has 7 nitrogen and oxygen atoms in total. The summed E-state index contributed by atoms with van der Waals surface area (Å²) in [6.45, 7) is 5.91. The van der Waals surface area contributed by atoms with E-state index in [0.717, 1.165) is 42.4 Å². The molecule has 3 rings (SSSR count). The molecule has 1 aromatic heterocycles. The van der Waals surface area contributed by atoms with Crippen LogP contribution in [-0.4, -0.2) is 45.0 Å². The number of hydrogen-bond donors (Lipinski definition) is 1. The van der Waals surface area contributed by atoms with Crippen LogP contribution in [0.15, 0.2) is 35.1 Å². The molecule has 1 aliphatic carbocycles. The number of nitrogens with one attached hydrogen (secondary N) is 1. The fourth-order valence-corrected chi connectivity index (χ4v) is 3.82. The molecule has 1 aliphatic rings. The number of fused-ring (bicyclic) bond motifs is 1. The zero-order chi connectivity index (χ0) is 21.0.